The Kier molecular flexibility index (Phi) is 3.18. The first-order valence-corrected chi connectivity index (χ1v) is 5.06. The van der Waals surface area contributed by atoms with Crippen LogP contribution in [0.25, 0.3) is 6.08 Å². The van der Waals surface area contributed by atoms with Gasteiger partial charge in [0.25, 0.3) is 0 Å². The number of furan rings is 1. The highest BCUT2D eigenvalue weighted by Gasteiger charge is 2.11. The lowest BCUT2D eigenvalue weighted by Gasteiger charge is -1.97. The van der Waals surface area contributed by atoms with Crippen LogP contribution in [0.15, 0.2) is 58.7 Å². The lowest BCUT2D eigenvalue weighted by atomic mass is 10.0. The monoisotopic (exact) mass is 223 g/mol. The first kappa shape index (κ1) is 10.9. The fourth-order valence-electron chi connectivity index (χ4n) is 1.41. The van der Waals surface area contributed by atoms with Crippen LogP contribution in [0.4, 0.5) is 0 Å². The molecule has 0 atom stereocenters. The van der Waals surface area contributed by atoms with Crippen LogP contribution in [-0.2, 0) is 0 Å². The minimum atomic E-state index is -0.301. The van der Waals surface area contributed by atoms with Crippen LogP contribution in [0.5, 0.6) is 0 Å². The molecule has 0 saturated carbocycles. The normalized spacial score (nSPS) is 10.9. The highest BCUT2D eigenvalue weighted by Crippen LogP contribution is 2.12. The summed E-state index contributed by atoms with van der Waals surface area (Å²) < 4.78 is 5.07. The third kappa shape index (κ3) is 2.50. The molecule has 82 valence electrons. The molecule has 2 aromatic rings. The Bertz CT molecular complexity index is 574. The number of rotatable bonds is 3. The number of benzene rings is 1. The van der Waals surface area contributed by atoms with Gasteiger partial charge in [0.05, 0.1) is 6.26 Å². The van der Waals surface area contributed by atoms with Gasteiger partial charge in [-0.25, -0.2) is 0 Å². The molecular formula is C14H9NO2. The molecule has 0 bridgehead atoms. The number of hydrogen-bond donors (Lipinski definition) is 0. The molecule has 0 aliphatic heterocycles. The van der Waals surface area contributed by atoms with Crippen molar-refractivity contribution in [2.24, 2.45) is 0 Å². The molecule has 3 heteroatoms. The minimum absolute atomic E-state index is 0.0613. The first-order valence-electron chi connectivity index (χ1n) is 5.06. The van der Waals surface area contributed by atoms with Crippen LogP contribution >= 0.6 is 0 Å². The van der Waals surface area contributed by atoms with Crippen molar-refractivity contribution in [1.82, 2.24) is 0 Å². The molecule has 17 heavy (non-hydrogen) atoms. The molecule has 2 rings (SSSR count). The average Bonchev–Trinajstić information content (AvgIpc) is 2.89. The number of nitriles is 1. The van der Waals surface area contributed by atoms with Gasteiger partial charge in [-0.2, -0.15) is 5.26 Å². The molecule has 0 fully saturated rings. The van der Waals surface area contributed by atoms with E-state index in [-0.39, 0.29) is 11.4 Å². The highest BCUT2D eigenvalue weighted by atomic mass is 16.3. The molecule has 0 aliphatic rings. The largest absolute Gasteiger partial charge is 0.465 e. The SMILES string of the molecule is N#CC(=Cc1ccco1)C(=O)c1ccccc1. The van der Waals surface area contributed by atoms with E-state index in [1.807, 2.05) is 12.1 Å². The van der Waals surface area contributed by atoms with Crippen molar-refractivity contribution in [2.75, 3.05) is 0 Å². The van der Waals surface area contributed by atoms with Crippen LogP contribution in [0, 0.1) is 11.3 Å². The molecule has 1 aromatic heterocycles. The molecule has 0 spiro atoms. The summed E-state index contributed by atoms with van der Waals surface area (Å²) in [5.74, 6) is 0.190. The zero-order valence-electron chi connectivity index (χ0n) is 8.96. The first-order chi connectivity index (χ1) is 8.31. The van der Waals surface area contributed by atoms with E-state index in [0.717, 1.165) is 0 Å². The van der Waals surface area contributed by atoms with E-state index in [0.29, 0.717) is 11.3 Å². The maximum atomic E-state index is 12.0. The summed E-state index contributed by atoms with van der Waals surface area (Å²) in [5, 5.41) is 8.98. The summed E-state index contributed by atoms with van der Waals surface area (Å²) in [6.07, 6.45) is 2.93. The fraction of sp³-hybridized carbons (Fsp3) is 0. The predicted molar refractivity (Wildman–Crippen MR) is 63.1 cm³/mol. The van der Waals surface area contributed by atoms with Gasteiger partial charge in [0.2, 0.25) is 5.78 Å². The van der Waals surface area contributed by atoms with E-state index in [9.17, 15) is 4.79 Å². The summed E-state index contributed by atoms with van der Waals surface area (Å²) >= 11 is 0. The van der Waals surface area contributed by atoms with Crippen LogP contribution in [-0.4, -0.2) is 5.78 Å². The Morgan fingerprint density at radius 3 is 2.53 bits per heavy atom. The van der Waals surface area contributed by atoms with E-state index in [2.05, 4.69) is 0 Å². The number of Topliss-reactive ketones (excluding diaryl/α,β-unsaturated/α-hetero) is 1. The average molecular weight is 223 g/mol. The summed E-state index contributed by atoms with van der Waals surface area (Å²) in [7, 11) is 0. The molecule has 0 saturated heterocycles. The molecule has 1 heterocycles. The smallest absolute Gasteiger partial charge is 0.203 e. The van der Waals surface area contributed by atoms with Crippen molar-refractivity contribution in [3.8, 4) is 6.07 Å². The van der Waals surface area contributed by atoms with Gasteiger partial charge >= 0.3 is 0 Å². The Morgan fingerprint density at radius 1 is 1.18 bits per heavy atom. The molecule has 0 amide bonds. The number of allylic oxidation sites excluding steroid dienone is 1. The van der Waals surface area contributed by atoms with E-state index in [1.54, 1.807) is 36.4 Å². The lowest BCUT2D eigenvalue weighted by molar-refractivity contribution is 0.104. The molecule has 0 radical (unpaired) electrons. The number of carbonyl (C=O) groups is 1. The molecular weight excluding hydrogens is 214 g/mol. The number of carbonyl (C=O) groups excluding carboxylic acids is 1. The van der Waals surface area contributed by atoms with Crippen molar-refractivity contribution >= 4 is 11.9 Å². The Balaban J connectivity index is 2.33. The van der Waals surface area contributed by atoms with Crippen LogP contribution in [0.2, 0.25) is 0 Å². The van der Waals surface area contributed by atoms with Crippen LogP contribution in [0.3, 0.4) is 0 Å². The molecule has 3 nitrogen and oxygen atoms in total. The second-order valence-corrected chi connectivity index (χ2v) is 3.38. The second-order valence-electron chi connectivity index (χ2n) is 3.38. The Labute approximate surface area is 98.6 Å². The molecule has 0 N–H and O–H groups in total. The van der Waals surface area contributed by atoms with Crippen molar-refractivity contribution in [3.63, 3.8) is 0 Å². The predicted octanol–water partition coefficient (Wildman–Crippen LogP) is 3.07. The van der Waals surface area contributed by atoms with Crippen LogP contribution < -0.4 is 0 Å². The minimum Gasteiger partial charge on any atom is -0.465 e. The third-order valence-electron chi connectivity index (χ3n) is 2.23. The highest BCUT2D eigenvalue weighted by molar-refractivity contribution is 6.13. The van der Waals surface area contributed by atoms with Gasteiger partial charge in [-0.15, -0.1) is 0 Å². The molecule has 0 aliphatic carbocycles. The van der Waals surface area contributed by atoms with E-state index < -0.39 is 0 Å². The van der Waals surface area contributed by atoms with Crippen LogP contribution in [0.1, 0.15) is 16.1 Å². The summed E-state index contributed by atoms with van der Waals surface area (Å²) in [6.45, 7) is 0. The van der Waals surface area contributed by atoms with Crippen molar-refractivity contribution in [3.05, 3.63) is 65.6 Å². The van der Waals surface area contributed by atoms with E-state index >= 15 is 0 Å². The number of ketones is 1. The van der Waals surface area contributed by atoms with Crippen molar-refractivity contribution < 1.29 is 9.21 Å². The maximum Gasteiger partial charge on any atom is 0.203 e. The van der Waals surface area contributed by atoms with Gasteiger partial charge < -0.3 is 4.42 Å². The van der Waals surface area contributed by atoms with Gasteiger partial charge in [-0.1, -0.05) is 30.3 Å². The van der Waals surface area contributed by atoms with E-state index in [4.69, 9.17) is 9.68 Å². The topological polar surface area (TPSA) is 54.0 Å². The summed E-state index contributed by atoms with van der Waals surface area (Å²) in [6, 6.07) is 14.0. The fourth-order valence-corrected chi connectivity index (χ4v) is 1.41. The molecule has 0 unspecified atom stereocenters. The van der Waals surface area contributed by atoms with Crippen molar-refractivity contribution in [1.29, 1.82) is 5.26 Å². The quantitative estimate of drug-likeness (QED) is 0.456. The van der Waals surface area contributed by atoms with Gasteiger partial charge in [-0.05, 0) is 12.1 Å². The van der Waals surface area contributed by atoms with Gasteiger partial charge in [0.1, 0.15) is 17.4 Å². The third-order valence-corrected chi connectivity index (χ3v) is 2.23. The number of hydrogen-bond acceptors (Lipinski definition) is 3. The summed E-state index contributed by atoms with van der Waals surface area (Å²) in [5.41, 5.74) is 0.554. The lowest BCUT2D eigenvalue weighted by Crippen LogP contribution is -2.01. The second kappa shape index (κ2) is 4.95. The van der Waals surface area contributed by atoms with Crippen molar-refractivity contribution in [2.45, 2.75) is 0 Å². The zero-order valence-corrected chi connectivity index (χ0v) is 8.96. The van der Waals surface area contributed by atoms with Gasteiger partial charge in [0, 0.05) is 11.6 Å². The Morgan fingerprint density at radius 2 is 1.94 bits per heavy atom. The summed E-state index contributed by atoms with van der Waals surface area (Å²) in [4.78, 5) is 12.0. The maximum absolute atomic E-state index is 12.0. The Hall–Kier alpha value is -2.60. The molecule has 1 aromatic carbocycles. The zero-order chi connectivity index (χ0) is 12.1. The number of nitrogens with zero attached hydrogens (tertiary/aromatic N) is 1. The van der Waals surface area contributed by atoms with E-state index in [1.165, 1.54) is 12.3 Å². The van der Waals surface area contributed by atoms with Gasteiger partial charge in [-0.3, -0.25) is 4.79 Å². The van der Waals surface area contributed by atoms with Gasteiger partial charge in [0.15, 0.2) is 0 Å². The standard InChI is InChI=1S/C14H9NO2/c15-10-12(9-13-7-4-8-17-13)14(16)11-5-2-1-3-6-11/h1-9H.